The smallest absolute Gasteiger partial charge is 0.271 e. The third-order valence-electron chi connectivity index (χ3n) is 4.17. The molecule has 0 atom stereocenters. The summed E-state index contributed by atoms with van der Waals surface area (Å²) in [6.45, 7) is 8.14. The Hall–Kier alpha value is -2.21. The van der Waals surface area contributed by atoms with Crippen molar-refractivity contribution < 1.29 is 9.59 Å². The van der Waals surface area contributed by atoms with Crippen LogP contribution in [0, 0.1) is 0 Å². The van der Waals surface area contributed by atoms with Crippen LogP contribution in [0.1, 0.15) is 50.4 Å². The summed E-state index contributed by atoms with van der Waals surface area (Å²) in [7, 11) is 0. The van der Waals surface area contributed by atoms with Gasteiger partial charge in [0, 0.05) is 55.4 Å². The van der Waals surface area contributed by atoms with E-state index in [0.29, 0.717) is 23.7 Å². The second kappa shape index (κ2) is 8.59. The highest BCUT2D eigenvalue weighted by atomic mass is 16.2. The molecular weight excluding hydrogens is 304 g/mol. The molecule has 0 radical (unpaired) electrons. The molecule has 1 saturated heterocycles. The topological polar surface area (TPSA) is 73.8 Å². The lowest BCUT2D eigenvalue weighted by atomic mass is 10.1. The van der Waals surface area contributed by atoms with Crippen molar-refractivity contribution >= 4 is 23.2 Å². The molecule has 1 aromatic carbocycles. The van der Waals surface area contributed by atoms with Crippen molar-refractivity contribution in [2.75, 3.05) is 18.4 Å². The number of carbonyl (C=O) groups is 2. The number of rotatable bonds is 5. The predicted octanol–water partition coefficient (Wildman–Crippen LogP) is 2.63. The molecule has 1 aliphatic rings. The quantitative estimate of drug-likeness (QED) is 0.815. The van der Waals surface area contributed by atoms with Gasteiger partial charge in [0.25, 0.3) is 5.91 Å². The number of hydrogen-bond acceptors (Lipinski definition) is 4. The van der Waals surface area contributed by atoms with Crippen LogP contribution in [0.5, 0.6) is 0 Å². The largest absolute Gasteiger partial charge is 0.326 e. The van der Waals surface area contributed by atoms with Crippen LogP contribution in [-0.4, -0.2) is 41.6 Å². The fourth-order valence-corrected chi connectivity index (χ4v) is 2.56. The zero-order valence-corrected chi connectivity index (χ0v) is 14.6. The Balaban J connectivity index is 1.86. The van der Waals surface area contributed by atoms with Gasteiger partial charge in [-0.05, 0) is 38.1 Å². The van der Waals surface area contributed by atoms with Crippen LogP contribution >= 0.6 is 0 Å². The highest BCUT2D eigenvalue weighted by Gasteiger charge is 2.17. The molecule has 2 rings (SSSR count). The monoisotopic (exact) mass is 330 g/mol. The van der Waals surface area contributed by atoms with Gasteiger partial charge in [0.1, 0.15) is 0 Å². The van der Waals surface area contributed by atoms with E-state index in [1.54, 1.807) is 31.2 Å². The SMILES string of the molecule is CCC(=O)Nc1ccc(C(=O)NN=C2CCN(C(C)C)CC2)cc1. The molecule has 0 aromatic heterocycles. The molecule has 0 unspecified atom stereocenters. The van der Waals surface area contributed by atoms with Crippen molar-refractivity contribution in [1.82, 2.24) is 10.3 Å². The van der Waals surface area contributed by atoms with Crippen LogP contribution in [-0.2, 0) is 4.79 Å². The van der Waals surface area contributed by atoms with Crippen molar-refractivity contribution in [2.24, 2.45) is 5.10 Å². The molecule has 6 nitrogen and oxygen atoms in total. The Bertz CT molecular complexity index is 598. The van der Waals surface area contributed by atoms with Gasteiger partial charge >= 0.3 is 0 Å². The lowest BCUT2D eigenvalue weighted by Gasteiger charge is -2.30. The molecule has 1 aromatic rings. The molecule has 1 heterocycles. The Morgan fingerprint density at radius 2 is 1.79 bits per heavy atom. The summed E-state index contributed by atoms with van der Waals surface area (Å²) in [6, 6.07) is 7.35. The summed E-state index contributed by atoms with van der Waals surface area (Å²) in [5, 5.41) is 7.01. The minimum absolute atomic E-state index is 0.0497. The first-order chi connectivity index (χ1) is 11.5. The van der Waals surface area contributed by atoms with Crippen LogP contribution in [0.2, 0.25) is 0 Å². The molecule has 0 saturated carbocycles. The maximum absolute atomic E-state index is 12.1. The maximum Gasteiger partial charge on any atom is 0.271 e. The second-order valence-corrected chi connectivity index (χ2v) is 6.23. The summed E-state index contributed by atoms with van der Waals surface area (Å²) in [5.41, 5.74) is 4.87. The van der Waals surface area contributed by atoms with Gasteiger partial charge in [-0.3, -0.25) is 9.59 Å². The third kappa shape index (κ3) is 5.16. The Morgan fingerprint density at radius 1 is 1.17 bits per heavy atom. The van der Waals surface area contributed by atoms with Gasteiger partial charge in [0.2, 0.25) is 5.91 Å². The van der Waals surface area contributed by atoms with E-state index in [4.69, 9.17) is 0 Å². The highest BCUT2D eigenvalue weighted by molar-refractivity contribution is 5.96. The van der Waals surface area contributed by atoms with Crippen molar-refractivity contribution in [3.63, 3.8) is 0 Å². The van der Waals surface area contributed by atoms with Crippen molar-refractivity contribution in [1.29, 1.82) is 0 Å². The van der Waals surface area contributed by atoms with Gasteiger partial charge in [-0.1, -0.05) is 6.92 Å². The number of nitrogens with zero attached hydrogens (tertiary/aromatic N) is 2. The number of amides is 2. The van der Waals surface area contributed by atoms with Gasteiger partial charge in [-0.2, -0.15) is 5.10 Å². The number of benzene rings is 1. The molecule has 6 heteroatoms. The van der Waals surface area contributed by atoms with E-state index in [1.807, 2.05) is 0 Å². The molecule has 0 bridgehead atoms. The van der Waals surface area contributed by atoms with Crippen LogP contribution in [0.4, 0.5) is 5.69 Å². The lowest BCUT2D eigenvalue weighted by Crippen LogP contribution is -2.39. The van der Waals surface area contributed by atoms with Gasteiger partial charge in [0.15, 0.2) is 0 Å². The summed E-state index contributed by atoms with van der Waals surface area (Å²) < 4.78 is 0. The zero-order chi connectivity index (χ0) is 17.5. The van der Waals surface area contributed by atoms with E-state index in [-0.39, 0.29) is 11.8 Å². The summed E-state index contributed by atoms with van der Waals surface area (Å²) >= 11 is 0. The number of hydrazone groups is 1. The molecule has 0 aliphatic carbocycles. The number of anilines is 1. The number of carbonyl (C=O) groups excluding carboxylic acids is 2. The number of nitrogens with one attached hydrogen (secondary N) is 2. The van der Waals surface area contributed by atoms with Crippen LogP contribution in [0.15, 0.2) is 29.4 Å². The van der Waals surface area contributed by atoms with Crippen molar-refractivity contribution in [2.45, 2.75) is 46.1 Å². The first kappa shape index (κ1) is 18.1. The second-order valence-electron chi connectivity index (χ2n) is 6.23. The van der Waals surface area contributed by atoms with E-state index >= 15 is 0 Å². The van der Waals surface area contributed by atoms with Crippen molar-refractivity contribution in [3.05, 3.63) is 29.8 Å². The highest BCUT2D eigenvalue weighted by Crippen LogP contribution is 2.12. The van der Waals surface area contributed by atoms with Gasteiger partial charge in [-0.15, -0.1) is 0 Å². The van der Waals surface area contributed by atoms with Crippen molar-refractivity contribution in [3.8, 4) is 0 Å². The zero-order valence-electron chi connectivity index (χ0n) is 14.6. The molecule has 130 valence electrons. The Morgan fingerprint density at radius 3 is 2.33 bits per heavy atom. The Labute approximate surface area is 143 Å². The van der Waals surface area contributed by atoms with Gasteiger partial charge in [-0.25, -0.2) is 5.43 Å². The first-order valence-corrected chi connectivity index (χ1v) is 8.49. The molecule has 24 heavy (non-hydrogen) atoms. The first-order valence-electron chi connectivity index (χ1n) is 8.49. The average Bonchev–Trinajstić information content (AvgIpc) is 2.60. The predicted molar refractivity (Wildman–Crippen MR) is 96.2 cm³/mol. The van der Waals surface area contributed by atoms with E-state index in [9.17, 15) is 9.59 Å². The molecule has 2 N–H and O–H groups in total. The maximum atomic E-state index is 12.1. The summed E-state index contributed by atoms with van der Waals surface area (Å²) in [4.78, 5) is 25.9. The van der Waals surface area contributed by atoms with E-state index < -0.39 is 0 Å². The molecule has 1 fully saturated rings. The third-order valence-corrected chi connectivity index (χ3v) is 4.17. The Kier molecular flexibility index (Phi) is 6.49. The van der Waals surface area contributed by atoms with Crippen LogP contribution < -0.4 is 10.7 Å². The van der Waals surface area contributed by atoms with Crippen LogP contribution in [0.25, 0.3) is 0 Å². The molecule has 2 amide bonds. The number of likely N-dealkylation sites (tertiary alicyclic amines) is 1. The van der Waals surface area contributed by atoms with E-state index in [0.717, 1.165) is 31.6 Å². The summed E-state index contributed by atoms with van der Waals surface area (Å²) in [6.07, 6.45) is 2.20. The van der Waals surface area contributed by atoms with E-state index in [1.165, 1.54) is 0 Å². The molecule has 1 aliphatic heterocycles. The fraction of sp³-hybridized carbons (Fsp3) is 0.500. The normalized spacial score (nSPS) is 15.2. The fourth-order valence-electron chi connectivity index (χ4n) is 2.56. The minimum atomic E-state index is -0.234. The minimum Gasteiger partial charge on any atom is -0.326 e. The standard InChI is InChI=1S/C18H26N4O2/c1-4-17(23)19-15-7-5-14(6-8-15)18(24)21-20-16-9-11-22(12-10-16)13(2)3/h5-8,13H,4,9-12H2,1-3H3,(H,19,23)(H,21,24). The van der Waals surface area contributed by atoms with E-state index in [2.05, 4.69) is 34.6 Å². The number of hydrogen-bond donors (Lipinski definition) is 2. The summed E-state index contributed by atoms with van der Waals surface area (Å²) in [5.74, 6) is -0.284. The number of piperidine rings is 1. The van der Waals surface area contributed by atoms with Gasteiger partial charge in [0.05, 0.1) is 0 Å². The van der Waals surface area contributed by atoms with Gasteiger partial charge < -0.3 is 10.2 Å². The molecular formula is C18H26N4O2. The molecule has 0 spiro atoms. The average molecular weight is 330 g/mol. The lowest BCUT2D eigenvalue weighted by molar-refractivity contribution is -0.115. The van der Waals surface area contributed by atoms with Crippen LogP contribution in [0.3, 0.4) is 0 Å².